The molecule has 6 rings (SSSR count). The molecule has 1 amide bonds. The summed E-state index contributed by atoms with van der Waals surface area (Å²) in [6, 6.07) is 16.7. The van der Waals surface area contributed by atoms with Gasteiger partial charge in [0.15, 0.2) is 16.6 Å². The molecule has 280 valence electrons. The van der Waals surface area contributed by atoms with Gasteiger partial charge in [-0.2, -0.15) is 13.2 Å². The van der Waals surface area contributed by atoms with E-state index in [0.717, 1.165) is 27.8 Å². The van der Waals surface area contributed by atoms with Crippen LogP contribution in [0.2, 0.25) is 0 Å². The molecule has 4 heterocycles. The number of hydrogen-bond acceptors (Lipinski definition) is 11. The number of carbonyl (C=O) groups is 2. The highest BCUT2D eigenvalue weighted by atomic mass is 32.2. The van der Waals surface area contributed by atoms with E-state index < -0.39 is 28.8 Å². The number of fused-ring (bicyclic) bond motifs is 1. The first-order chi connectivity index (χ1) is 25.2. The summed E-state index contributed by atoms with van der Waals surface area (Å²) < 4.78 is 88.0. The Morgan fingerprint density at radius 2 is 1.68 bits per heavy atom. The predicted octanol–water partition coefficient (Wildman–Crippen LogP) is 5.92. The number of hydrogen-bond donors (Lipinski definition) is 1. The van der Waals surface area contributed by atoms with Gasteiger partial charge in [-0.3, -0.25) is 14.4 Å². The van der Waals surface area contributed by atoms with Crippen molar-refractivity contribution in [3.05, 3.63) is 89.1 Å². The van der Waals surface area contributed by atoms with Crippen LogP contribution in [-0.2, 0) is 28.4 Å². The third-order valence-electron chi connectivity index (χ3n) is 8.41. The molecule has 1 aliphatic heterocycles. The fourth-order valence-electron chi connectivity index (χ4n) is 5.75. The standard InChI is InChI=1S/C35H34F3N5O8S2/c1-41-28-17-26(51-30-11-7-24(18-39-30)40-53(46,47)34-31(48-2)27(20-52-34)33(45)49-3)10-6-23(28)16-29(41)32(44)43-14-12-42(13-15-43)19-22-4-8-25(9-5-22)50-21-35(36,37)38/h4-11,16-18,20,40H,12-15,19,21H2,1-3H3. The smallest absolute Gasteiger partial charge is 0.422 e. The lowest BCUT2D eigenvalue weighted by Crippen LogP contribution is -2.48. The molecule has 0 spiro atoms. The van der Waals surface area contributed by atoms with Crippen molar-refractivity contribution in [1.82, 2.24) is 19.4 Å². The molecule has 18 heteroatoms. The van der Waals surface area contributed by atoms with E-state index in [1.807, 2.05) is 12.1 Å². The summed E-state index contributed by atoms with van der Waals surface area (Å²) in [5, 5.41) is 2.18. The minimum Gasteiger partial charge on any atom is -0.493 e. The average molecular weight is 774 g/mol. The molecule has 5 aromatic rings. The molecule has 0 aliphatic carbocycles. The number of thiophene rings is 1. The van der Waals surface area contributed by atoms with Crippen molar-refractivity contribution >= 4 is 49.8 Å². The van der Waals surface area contributed by atoms with Gasteiger partial charge >= 0.3 is 12.1 Å². The lowest BCUT2D eigenvalue weighted by atomic mass is 10.2. The monoisotopic (exact) mass is 773 g/mol. The van der Waals surface area contributed by atoms with Crippen molar-refractivity contribution in [3.63, 3.8) is 0 Å². The molecule has 0 saturated carbocycles. The summed E-state index contributed by atoms with van der Waals surface area (Å²) in [5.74, 6) is -0.156. The number of benzene rings is 2. The Kier molecular flexibility index (Phi) is 10.8. The van der Waals surface area contributed by atoms with E-state index in [0.29, 0.717) is 44.2 Å². The fraction of sp³-hybridized carbons (Fsp3) is 0.286. The highest BCUT2D eigenvalue weighted by molar-refractivity contribution is 7.94. The van der Waals surface area contributed by atoms with E-state index in [1.54, 1.807) is 40.8 Å². The van der Waals surface area contributed by atoms with Gasteiger partial charge in [-0.15, -0.1) is 11.3 Å². The van der Waals surface area contributed by atoms with Crippen LogP contribution < -0.4 is 18.9 Å². The second-order valence-corrected chi connectivity index (χ2v) is 14.7. The van der Waals surface area contributed by atoms with Crippen molar-refractivity contribution in [3.8, 4) is 23.1 Å². The van der Waals surface area contributed by atoms with Crippen molar-refractivity contribution in [2.75, 3.05) is 51.7 Å². The molecule has 1 aliphatic rings. The van der Waals surface area contributed by atoms with Crippen LogP contribution in [0.3, 0.4) is 0 Å². The molecular weight excluding hydrogens is 740 g/mol. The Balaban J connectivity index is 1.05. The number of halogens is 3. The molecule has 2 aromatic carbocycles. The van der Waals surface area contributed by atoms with Gasteiger partial charge in [-0.25, -0.2) is 18.2 Å². The number of nitrogens with one attached hydrogen (secondary N) is 1. The number of aromatic nitrogens is 2. The molecule has 1 saturated heterocycles. The molecule has 1 fully saturated rings. The number of aryl methyl sites for hydroxylation is 1. The summed E-state index contributed by atoms with van der Waals surface area (Å²) in [6.45, 7) is 1.53. The maximum atomic E-state index is 13.6. The Hall–Kier alpha value is -5.33. The number of ether oxygens (including phenoxy) is 4. The van der Waals surface area contributed by atoms with Gasteiger partial charge in [0.1, 0.15) is 22.8 Å². The summed E-state index contributed by atoms with van der Waals surface area (Å²) >= 11 is 0.816. The Morgan fingerprint density at radius 3 is 2.32 bits per heavy atom. The zero-order valence-electron chi connectivity index (χ0n) is 28.7. The van der Waals surface area contributed by atoms with Crippen LogP contribution in [0.4, 0.5) is 18.9 Å². The predicted molar refractivity (Wildman–Crippen MR) is 189 cm³/mol. The first-order valence-electron chi connectivity index (χ1n) is 16.0. The molecular formula is C35H34F3N5O8S2. The minimum absolute atomic E-state index is 0.00430. The first-order valence-corrected chi connectivity index (χ1v) is 18.4. The topological polar surface area (TPSA) is 142 Å². The maximum absolute atomic E-state index is 13.6. The van der Waals surface area contributed by atoms with Crippen LogP contribution in [0.25, 0.3) is 10.9 Å². The maximum Gasteiger partial charge on any atom is 0.422 e. The number of anilines is 1. The summed E-state index contributed by atoms with van der Waals surface area (Å²) in [7, 11) is 0.119. The van der Waals surface area contributed by atoms with Crippen LogP contribution in [0.5, 0.6) is 23.1 Å². The normalized spacial score (nSPS) is 13.9. The quantitative estimate of drug-likeness (QED) is 0.152. The Morgan fingerprint density at radius 1 is 0.962 bits per heavy atom. The zero-order valence-corrected chi connectivity index (χ0v) is 30.3. The number of nitrogens with zero attached hydrogens (tertiary/aromatic N) is 4. The van der Waals surface area contributed by atoms with Gasteiger partial charge in [0.05, 0.1) is 31.6 Å². The number of piperazine rings is 1. The number of esters is 1. The number of alkyl halides is 3. The second kappa shape index (κ2) is 15.3. The first kappa shape index (κ1) is 37.4. The average Bonchev–Trinajstić information content (AvgIpc) is 3.73. The van der Waals surface area contributed by atoms with Crippen LogP contribution in [-0.4, -0.2) is 92.8 Å². The van der Waals surface area contributed by atoms with Crippen molar-refractivity contribution in [2.45, 2.75) is 16.9 Å². The minimum atomic E-state index is -4.40. The molecule has 0 bridgehead atoms. The van der Waals surface area contributed by atoms with Crippen LogP contribution in [0.15, 0.2) is 76.4 Å². The fourth-order valence-corrected chi connectivity index (χ4v) is 8.21. The van der Waals surface area contributed by atoms with Crippen LogP contribution in [0, 0.1) is 0 Å². The molecule has 0 radical (unpaired) electrons. The van der Waals surface area contributed by atoms with Crippen molar-refractivity contribution in [1.29, 1.82) is 0 Å². The van der Waals surface area contributed by atoms with Gasteiger partial charge in [0, 0.05) is 62.7 Å². The van der Waals surface area contributed by atoms with Gasteiger partial charge in [0.2, 0.25) is 5.88 Å². The highest BCUT2D eigenvalue weighted by Gasteiger charge is 2.30. The summed E-state index contributed by atoms with van der Waals surface area (Å²) in [6.07, 6.45) is -3.11. The number of carbonyl (C=O) groups excluding carboxylic acids is 2. The van der Waals surface area contributed by atoms with E-state index in [2.05, 4.69) is 14.6 Å². The zero-order chi connectivity index (χ0) is 37.9. The second-order valence-electron chi connectivity index (χ2n) is 12.0. The van der Waals surface area contributed by atoms with Gasteiger partial charge in [-0.1, -0.05) is 12.1 Å². The highest BCUT2D eigenvalue weighted by Crippen LogP contribution is 2.36. The van der Waals surface area contributed by atoms with Crippen LogP contribution in [0.1, 0.15) is 26.4 Å². The lowest BCUT2D eigenvalue weighted by molar-refractivity contribution is -0.153. The van der Waals surface area contributed by atoms with Crippen LogP contribution >= 0.6 is 11.3 Å². The lowest BCUT2D eigenvalue weighted by Gasteiger charge is -2.34. The van der Waals surface area contributed by atoms with Gasteiger partial charge < -0.3 is 28.4 Å². The third-order valence-corrected chi connectivity index (χ3v) is 11.3. The third kappa shape index (κ3) is 8.66. The Labute approximate surface area is 306 Å². The number of rotatable bonds is 12. The molecule has 53 heavy (non-hydrogen) atoms. The van der Waals surface area contributed by atoms with Gasteiger partial charge in [0.25, 0.3) is 15.9 Å². The number of sulfonamides is 1. The van der Waals surface area contributed by atoms with E-state index in [9.17, 15) is 31.2 Å². The van der Waals surface area contributed by atoms with E-state index in [1.165, 1.54) is 50.1 Å². The summed E-state index contributed by atoms with van der Waals surface area (Å²) in [4.78, 5) is 33.8. The molecule has 13 nitrogen and oxygen atoms in total. The van der Waals surface area contributed by atoms with E-state index >= 15 is 0 Å². The molecule has 0 atom stereocenters. The van der Waals surface area contributed by atoms with Crippen molar-refractivity contribution in [2.24, 2.45) is 7.05 Å². The van der Waals surface area contributed by atoms with Gasteiger partial charge in [-0.05, 0) is 42.0 Å². The Bertz CT molecular complexity index is 2210. The molecule has 1 N–H and O–H groups in total. The molecule has 3 aromatic heterocycles. The molecule has 0 unspecified atom stereocenters. The SMILES string of the molecule is COC(=O)c1csc(S(=O)(=O)Nc2ccc(Oc3ccc4cc(C(=O)N5CCN(Cc6ccc(OCC(F)(F)F)cc6)CC5)n(C)c4c3)nc2)c1OC. The van der Waals surface area contributed by atoms with E-state index in [-0.39, 0.29) is 38.7 Å². The number of methoxy groups -OCH3 is 2. The largest absolute Gasteiger partial charge is 0.493 e. The number of pyridine rings is 1. The number of amides is 1. The summed E-state index contributed by atoms with van der Waals surface area (Å²) in [5.41, 5.74) is 2.35. The van der Waals surface area contributed by atoms with Crippen molar-refractivity contribution < 1.29 is 50.1 Å². The van der Waals surface area contributed by atoms with E-state index in [4.69, 9.17) is 18.9 Å².